The van der Waals surface area contributed by atoms with Gasteiger partial charge in [0.25, 0.3) is 0 Å². The fraction of sp³-hybridized carbons (Fsp3) is 0.462. The summed E-state index contributed by atoms with van der Waals surface area (Å²) in [6.07, 6.45) is 0.656. The second-order valence-electron chi connectivity index (χ2n) is 4.35. The number of carbonyl (C=O) groups is 1. The third-order valence-electron chi connectivity index (χ3n) is 2.92. The third kappa shape index (κ3) is 3.73. The molecule has 18 heavy (non-hydrogen) atoms. The number of aliphatic hydroxyl groups excluding tert-OH is 1. The Kier molecular flexibility index (Phi) is 5.04. The molecule has 1 amide bonds. The third-order valence-corrected chi connectivity index (χ3v) is 3.86. The first kappa shape index (κ1) is 13.4. The van der Waals surface area contributed by atoms with Crippen molar-refractivity contribution in [3.05, 3.63) is 35.9 Å². The molecule has 0 aliphatic carbocycles. The fourth-order valence-electron chi connectivity index (χ4n) is 1.93. The summed E-state index contributed by atoms with van der Waals surface area (Å²) in [7, 11) is 0. The lowest BCUT2D eigenvalue weighted by Crippen LogP contribution is -2.48. The van der Waals surface area contributed by atoms with Gasteiger partial charge in [-0.25, -0.2) is 0 Å². The molecule has 98 valence electrons. The second kappa shape index (κ2) is 6.78. The van der Waals surface area contributed by atoms with E-state index in [1.807, 2.05) is 30.3 Å². The molecule has 1 aromatic carbocycles. The Morgan fingerprint density at radius 2 is 2.28 bits per heavy atom. The molecule has 4 nitrogen and oxygen atoms in total. The van der Waals surface area contributed by atoms with E-state index in [0.717, 1.165) is 17.2 Å². The first-order valence-electron chi connectivity index (χ1n) is 6.06. The van der Waals surface area contributed by atoms with Gasteiger partial charge in [0.1, 0.15) is 0 Å². The van der Waals surface area contributed by atoms with Gasteiger partial charge in [-0.1, -0.05) is 30.3 Å². The summed E-state index contributed by atoms with van der Waals surface area (Å²) in [4.78, 5) is 11.9. The average Bonchev–Trinajstić information content (AvgIpc) is 2.93. The Bertz CT molecular complexity index is 380. The molecule has 2 rings (SSSR count). The molecule has 0 bridgehead atoms. The van der Waals surface area contributed by atoms with E-state index in [1.54, 1.807) is 11.8 Å². The number of nitrogens with one attached hydrogen (secondary N) is 2. The SMILES string of the molecule is O=C(N[C@H](CO)Cc1ccccc1)C1CSCN1. The number of amides is 1. The lowest BCUT2D eigenvalue weighted by atomic mass is 10.1. The zero-order valence-corrected chi connectivity index (χ0v) is 11.0. The van der Waals surface area contributed by atoms with Crippen LogP contribution < -0.4 is 10.6 Å². The van der Waals surface area contributed by atoms with Crippen molar-refractivity contribution in [2.75, 3.05) is 18.2 Å². The number of hydrogen-bond acceptors (Lipinski definition) is 4. The van der Waals surface area contributed by atoms with Gasteiger partial charge < -0.3 is 10.4 Å². The molecule has 0 saturated carbocycles. The summed E-state index contributed by atoms with van der Waals surface area (Å²) in [5.74, 6) is 1.60. The van der Waals surface area contributed by atoms with Crippen LogP contribution in [0.25, 0.3) is 0 Å². The Morgan fingerprint density at radius 1 is 1.50 bits per heavy atom. The van der Waals surface area contributed by atoms with Crippen molar-refractivity contribution >= 4 is 17.7 Å². The van der Waals surface area contributed by atoms with Crippen molar-refractivity contribution in [1.29, 1.82) is 0 Å². The smallest absolute Gasteiger partial charge is 0.238 e. The van der Waals surface area contributed by atoms with Crippen molar-refractivity contribution in [2.45, 2.75) is 18.5 Å². The minimum absolute atomic E-state index is 0.0185. The summed E-state index contributed by atoms with van der Waals surface area (Å²) in [6.45, 7) is -0.0412. The van der Waals surface area contributed by atoms with E-state index >= 15 is 0 Å². The van der Waals surface area contributed by atoms with E-state index in [-0.39, 0.29) is 24.6 Å². The summed E-state index contributed by atoms with van der Waals surface area (Å²) in [6, 6.07) is 9.53. The van der Waals surface area contributed by atoms with E-state index in [9.17, 15) is 9.90 Å². The lowest BCUT2D eigenvalue weighted by molar-refractivity contribution is -0.123. The molecule has 5 heteroatoms. The molecule has 1 aliphatic rings. The topological polar surface area (TPSA) is 61.4 Å². The van der Waals surface area contributed by atoms with Crippen LogP contribution in [0.1, 0.15) is 5.56 Å². The van der Waals surface area contributed by atoms with Crippen LogP contribution in [0.2, 0.25) is 0 Å². The predicted octanol–water partition coefficient (Wildman–Crippen LogP) is 0.369. The van der Waals surface area contributed by atoms with Gasteiger partial charge in [0.05, 0.1) is 18.7 Å². The molecule has 1 fully saturated rings. The van der Waals surface area contributed by atoms with Crippen LogP contribution >= 0.6 is 11.8 Å². The largest absolute Gasteiger partial charge is 0.394 e. The van der Waals surface area contributed by atoms with Gasteiger partial charge in [0.2, 0.25) is 5.91 Å². The Labute approximate surface area is 111 Å². The summed E-state index contributed by atoms with van der Waals surface area (Å²) in [5.41, 5.74) is 1.12. The quantitative estimate of drug-likeness (QED) is 0.720. The first-order valence-corrected chi connectivity index (χ1v) is 7.21. The highest BCUT2D eigenvalue weighted by atomic mass is 32.2. The zero-order valence-electron chi connectivity index (χ0n) is 10.1. The Morgan fingerprint density at radius 3 is 2.89 bits per heavy atom. The monoisotopic (exact) mass is 266 g/mol. The number of rotatable bonds is 5. The molecule has 1 unspecified atom stereocenters. The zero-order chi connectivity index (χ0) is 12.8. The van der Waals surface area contributed by atoms with Gasteiger partial charge in [-0.05, 0) is 12.0 Å². The predicted molar refractivity (Wildman–Crippen MR) is 73.4 cm³/mol. The van der Waals surface area contributed by atoms with Gasteiger partial charge in [-0.15, -0.1) is 11.8 Å². The van der Waals surface area contributed by atoms with Crippen molar-refractivity contribution in [1.82, 2.24) is 10.6 Å². The van der Waals surface area contributed by atoms with Gasteiger partial charge >= 0.3 is 0 Å². The minimum Gasteiger partial charge on any atom is -0.394 e. The normalized spacial score (nSPS) is 20.6. The van der Waals surface area contributed by atoms with Crippen molar-refractivity contribution < 1.29 is 9.90 Å². The highest BCUT2D eigenvalue weighted by Crippen LogP contribution is 2.10. The summed E-state index contributed by atoms with van der Waals surface area (Å²) < 4.78 is 0. The van der Waals surface area contributed by atoms with Crippen molar-refractivity contribution in [3.63, 3.8) is 0 Å². The van der Waals surface area contributed by atoms with Crippen molar-refractivity contribution in [2.24, 2.45) is 0 Å². The van der Waals surface area contributed by atoms with Crippen LogP contribution in [0.3, 0.4) is 0 Å². The fourth-order valence-corrected chi connectivity index (χ4v) is 2.87. The van der Waals surface area contributed by atoms with Crippen LogP contribution in [-0.2, 0) is 11.2 Å². The molecule has 1 aliphatic heterocycles. The molecule has 1 saturated heterocycles. The van der Waals surface area contributed by atoms with E-state index in [4.69, 9.17) is 0 Å². The summed E-state index contributed by atoms with van der Waals surface area (Å²) in [5, 5.41) is 15.4. The van der Waals surface area contributed by atoms with E-state index in [0.29, 0.717) is 6.42 Å². The lowest BCUT2D eigenvalue weighted by Gasteiger charge is -2.18. The van der Waals surface area contributed by atoms with Gasteiger partial charge in [-0.2, -0.15) is 0 Å². The van der Waals surface area contributed by atoms with Crippen molar-refractivity contribution in [3.8, 4) is 0 Å². The highest BCUT2D eigenvalue weighted by molar-refractivity contribution is 7.99. The van der Waals surface area contributed by atoms with E-state index < -0.39 is 0 Å². The van der Waals surface area contributed by atoms with Gasteiger partial charge in [0.15, 0.2) is 0 Å². The number of benzene rings is 1. The van der Waals surface area contributed by atoms with Crippen LogP contribution in [0.15, 0.2) is 30.3 Å². The number of aliphatic hydroxyl groups is 1. The van der Waals surface area contributed by atoms with Crippen LogP contribution in [-0.4, -0.2) is 41.3 Å². The standard InChI is InChI=1S/C13H18N2O2S/c16-7-11(6-10-4-2-1-3-5-10)15-13(17)12-8-18-9-14-12/h1-5,11-12,14,16H,6-9H2,(H,15,17)/t11-,12?/m0/s1. The van der Waals surface area contributed by atoms with E-state index in [1.165, 1.54) is 0 Å². The Balaban J connectivity index is 1.87. The number of hydrogen-bond donors (Lipinski definition) is 3. The molecule has 2 atom stereocenters. The molecule has 0 radical (unpaired) electrons. The molecule has 1 aromatic rings. The van der Waals surface area contributed by atoms with Gasteiger partial charge in [0, 0.05) is 11.6 Å². The average molecular weight is 266 g/mol. The number of thioether (sulfide) groups is 1. The maximum Gasteiger partial charge on any atom is 0.238 e. The summed E-state index contributed by atoms with van der Waals surface area (Å²) >= 11 is 1.71. The molecule has 1 heterocycles. The molecule has 0 aromatic heterocycles. The molecular weight excluding hydrogens is 248 g/mol. The van der Waals surface area contributed by atoms with Crippen LogP contribution in [0.4, 0.5) is 0 Å². The maximum absolute atomic E-state index is 11.9. The minimum atomic E-state index is -0.215. The van der Waals surface area contributed by atoms with Crippen LogP contribution in [0, 0.1) is 0 Å². The molecular formula is C13H18N2O2S. The van der Waals surface area contributed by atoms with Gasteiger partial charge in [-0.3, -0.25) is 10.1 Å². The number of carbonyl (C=O) groups excluding carboxylic acids is 1. The molecule has 3 N–H and O–H groups in total. The van der Waals surface area contributed by atoms with Crippen LogP contribution in [0.5, 0.6) is 0 Å². The highest BCUT2D eigenvalue weighted by Gasteiger charge is 2.24. The van der Waals surface area contributed by atoms with E-state index in [2.05, 4.69) is 10.6 Å². The second-order valence-corrected chi connectivity index (χ2v) is 5.38. The Hall–Kier alpha value is -1.04. The molecule has 0 spiro atoms. The first-order chi connectivity index (χ1) is 8.79. The maximum atomic E-state index is 11.9.